The fraction of sp³-hybridized carbons (Fsp3) is 0.588. The molecule has 1 rings (SSSR count). The van der Waals surface area contributed by atoms with Crippen LogP contribution in [0.2, 0.25) is 0 Å². The first-order valence-electron chi connectivity index (χ1n) is 8.93. The summed E-state index contributed by atoms with van der Waals surface area (Å²) in [5.74, 6) is -3.96. The summed E-state index contributed by atoms with van der Waals surface area (Å²) in [4.78, 5) is 53.7. The third-order valence-electron chi connectivity index (χ3n) is 4.39. The molecule has 1 aromatic rings. The number of aromatic nitrogens is 2. The van der Waals surface area contributed by atoms with Crippen LogP contribution in [0.25, 0.3) is 0 Å². The monoisotopic (exact) mass is 397 g/mol. The van der Waals surface area contributed by atoms with E-state index in [9.17, 15) is 24.3 Å². The van der Waals surface area contributed by atoms with Gasteiger partial charge in [-0.2, -0.15) is 0 Å². The van der Waals surface area contributed by atoms with Crippen molar-refractivity contribution in [3.05, 3.63) is 18.2 Å². The molecule has 0 saturated carbocycles. The molecule has 0 saturated heterocycles. The Morgan fingerprint density at radius 3 is 2.39 bits per heavy atom. The molecule has 0 aromatic carbocycles. The van der Waals surface area contributed by atoms with E-state index < -0.39 is 41.9 Å². The number of aliphatic carboxylic acids is 2. The van der Waals surface area contributed by atoms with Crippen molar-refractivity contribution in [3.63, 3.8) is 0 Å². The van der Waals surface area contributed by atoms with Crippen molar-refractivity contribution in [2.45, 2.75) is 57.7 Å². The molecule has 28 heavy (non-hydrogen) atoms. The zero-order chi connectivity index (χ0) is 21.3. The minimum absolute atomic E-state index is 0.0378. The second kappa shape index (κ2) is 11.0. The molecular formula is C17H27N5O6. The van der Waals surface area contributed by atoms with Gasteiger partial charge in [-0.3, -0.25) is 14.4 Å². The molecule has 1 aromatic heterocycles. The lowest BCUT2D eigenvalue weighted by atomic mass is 9.98. The summed E-state index contributed by atoms with van der Waals surface area (Å²) < 4.78 is 0. The minimum atomic E-state index is -1.17. The van der Waals surface area contributed by atoms with Gasteiger partial charge in [0.25, 0.3) is 0 Å². The van der Waals surface area contributed by atoms with Crippen molar-refractivity contribution < 1.29 is 29.4 Å². The summed E-state index contributed by atoms with van der Waals surface area (Å²) in [6, 6.07) is -3.33. The number of aromatic amines is 1. The van der Waals surface area contributed by atoms with Crippen molar-refractivity contribution in [2.24, 2.45) is 11.7 Å². The van der Waals surface area contributed by atoms with Gasteiger partial charge in [0.05, 0.1) is 12.4 Å². The highest BCUT2D eigenvalue weighted by atomic mass is 16.4. The number of carbonyl (C=O) groups excluding carboxylic acids is 2. The van der Waals surface area contributed by atoms with E-state index in [-0.39, 0.29) is 25.2 Å². The van der Waals surface area contributed by atoms with E-state index in [1.807, 2.05) is 0 Å². The van der Waals surface area contributed by atoms with Gasteiger partial charge in [-0.25, -0.2) is 9.78 Å². The Bertz CT molecular complexity index is 678. The predicted molar refractivity (Wildman–Crippen MR) is 98.1 cm³/mol. The number of nitrogens with zero attached hydrogens (tertiary/aromatic N) is 1. The molecule has 4 unspecified atom stereocenters. The Labute approximate surface area is 162 Å². The standard InChI is InChI=1S/C17H27N5O6/c1-3-9(2)14(17(27)28)22-16(26)12(6-10-7-19-8-20-10)21-15(25)11(18)4-5-13(23)24/h7-9,11-12,14H,3-6,18H2,1-2H3,(H,19,20)(H,21,25)(H,22,26)(H,23,24)(H,27,28). The lowest BCUT2D eigenvalue weighted by Crippen LogP contribution is -2.56. The number of carbonyl (C=O) groups is 4. The number of nitrogens with one attached hydrogen (secondary N) is 3. The molecule has 7 N–H and O–H groups in total. The largest absolute Gasteiger partial charge is 0.481 e. The van der Waals surface area contributed by atoms with Crippen LogP contribution in [0.5, 0.6) is 0 Å². The number of carboxylic acids is 2. The number of carboxylic acid groups (broad SMARTS) is 2. The third kappa shape index (κ3) is 7.35. The van der Waals surface area contributed by atoms with Crippen molar-refractivity contribution in [3.8, 4) is 0 Å². The van der Waals surface area contributed by atoms with Gasteiger partial charge in [-0.1, -0.05) is 20.3 Å². The second-order valence-electron chi connectivity index (χ2n) is 6.59. The number of hydrogen-bond donors (Lipinski definition) is 6. The van der Waals surface area contributed by atoms with E-state index in [0.717, 1.165) is 0 Å². The van der Waals surface area contributed by atoms with Crippen molar-refractivity contribution in [1.82, 2.24) is 20.6 Å². The van der Waals surface area contributed by atoms with Crippen molar-refractivity contribution in [1.29, 1.82) is 0 Å². The molecule has 0 spiro atoms. The molecule has 0 fully saturated rings. The smallest absolute Gasteiger partial charge is 0.326 e. The maximum absolute atomic E-state index is 12.7. The van der Waals surface area contributed by atoms with Crippen LogP contribution < -0.4 is 16.4 Å². The zero-order valence-corrected chi connectivity index (χ0v) is 15.8. The van der Waals surface area contributed by atoms with Gasteiger partial charge in [-0.05, 0) is 12.3 Å². The Morgan fingerprint density at radius 2 is 1.89 bits per heavy atom. The van der Waals surface area contributed by atoms with Crippen LogP contribution in [-0.2, 0) is 25.6 Å². The van der Waals surface area contributed by atoms with Gasteiger partial charge < -0.3 is 31.6 Å². The highest BCUT2D eigenvalue weighted by Gasteiger charge is 2.30. The summed E-state index contributed by atoms with van der Waals surface area (Å²) in [5, 5.41) is 23.0. The molecule has 0 radical (unpaired) electrons. The maximum atomic E-state index is 12.7. The molecule has 156 valence electrons. The van der Waals surface area contributed by atoms with Crippen LogP contribution in [-0.4, -0.2) is 62.1 Å². The first-order valence-corrected chi connectivity index (χ1v) is 8.93. The van der Waals surface area contributed by atoms with Gasteiger partial charge in [0.2, 0.25) is 11.8 Å². The van der Waals surface area contributed by atoms with Gasteiger partial charge in [0.1, 0.15) is 12.1 Å². The van der Waals surface area contributed by atoms with Crippen molar-refractivity contribution >= 4 is 23.8 Å². The summed E-state index contributed by atoms with van der Waals surface area (Å²) in [6.45, 7) is 3.50. The van der Waals surface area contributed by atoms with Crippen LogP contribution in [0.1, 0.15) is 38.8 Å². The quantitative estimate of drug-likeness (QED) is 0.265. The van der Waals surface area contributed by atoms with Crippen molar-refractivity contribution in [2.75, 3.05) is 0 Å². The Hall–Kier alpha value is -2.95. The number of H-pyrrole nitrogens is 1. The second-order valence-corrected chi connectivity index (χ2v) is 6.59. The predicted octanol–water partition coefficient (Wildman–Crippen LogP) is -0.755. The SMILES string of the molecule is CCC(C)C(NC(=O)C(Cc1cnc[nH]1)NC(=O)C(N)CCC(=O)O)C(=O)O. The summed E-state index contributed by atoms with van der Waals surface area (Å²) in [7, 11) is 0. The average molecular weight is 397 g/mol. The lowest BCUT2D eigenvalue weighted by Gasteiger charge is -2.25. The van der Waals surface area contributed by atoms with E-state index in [1.165, 1.54) is 12.5 Å². The molecule has 2 amide bonds. The topological polar surface area (TPSA) is 187 Å². The lowest BCUT2D eigenvalue weighted by molar-refractivity contribution is -0.143. The van der Waals surface area contributed by atoms with Gasteiger partial charge >= 0.3 is 11.9 Å². The third-order valence-corrected chi connectivity index (χ3v) is 4.39. The van der Waals surface area contributed by atoms with Crippen LogP contribution in [0.3, 0.4) is 0 Å². The molecule has 1 heterocycles. The number of imidazole rings is 1. The molecule has 11 heteroatoms. The average Bonchev–Trinajstić information content (AvgIpc) is 3.15. The number of nitrogens with two attached hydrogens (primary N) is 1. The Balaban J connectivity index is 2.88. The first-order chi connectivity index (χ1) is 13.1. The summed E-state index contributed by atoms with van der Waals surface area (Å²) in [6.07, 6.45) is 3.07. The van der Waals surface area contributed by atoms with E-state index in [1.54, 1.807) is 13.8 Å². The van der Waals surface area contributed by atoms with Crippen LogP contribution in [0, 0.1) is 5.92 Å². The van der Waals surface area contributed by atoms with E-state index in [0.29, 0.717) is 12.1 Å². The number of rotatable bonds is 12. The molecule has 11 nitrogen and oxygen atoms in total. The first kappa shape index (κ1) is 23.1. The van der Waals surface area contributed by atoms with E-state index in [4.69, 9.17) is 10.8 Å². The molecule has 0 aliphatic carbocycles. The molecule has 0 aliphatic rings. The summed E-state index contributed by atoms with van der Waals surface area (Å²) in [5.41, 5.74) is 6.24. The highest BCUT2D eigenvalue weighted by Crippen LogP contribution is 2.09. The fourth-order valence-electron chi connectivity index (χ4n) is 2.45. The van der Waals surface area contributed by atoms with Gasteiger partial charge in [-0.15, -0.1) is 0 Å². The molecular weight excluding hydrogens is 370 g/mol. The Morgan fingerprint density at radius 1 is 1.21 bits per heavy atom. The molecule has 0 bridgehead atoms. The number of hydrogen-bond acceptors (Lipinski definition) is 6. The molecule has 0 aliphatic heterocycles. The fourth-order valence-corrected chi connectivity index (χ4v) is 2.45. The maximum Gasteiger partial charge on any atom is 0.326 e. The number of amides is 2. The van der Waals surface area contributed by atoms with Gasteiger partial charge in [0.15, 0.2) is 0 Å². The normalized spacial score (nSPS) is 15.1. The van der Waals surface area contributed by atoms with E-state index in [2.05, 4.69) is 20.6 Å². The Kier molecular flexibility index (Phi) is 9.09. The molecule has 4 atom stereocenters. The summed E-state index contributed by atoms with van der Waals surface area (Å²) >= 11 is 0. The van der Waals surface area contributed by atoms with E-state index >= 15 is 0 Å². The van der Waals surface area contributed by atoms with Crippen LogP contribution in [0.15, 0.2) is 12.5 Å². The minimum Gasteiger partial charge on any atom is -0.481 e. The van der Waals surface area contributed by atoms with Crippen LogP contribution in [0.4, 0.5) is 0 Å². The van der Waals surface area contributed by atoms with Gasteiger partial charge in [0, 0.05) is 24.7 Å². The van der Waals surface area contributed by atoms with Crippen LogP contribution >= 0.6 is 0 Å². The highest BCUT2D eigenvalue weighted by molar-refractivity contribution is 5.92. The zero-order valence-electron chi connectivity index (χ0n) is 15.8.